The van der Waals surface area contributed by atoms with E-state index in [9.17, 15) is 0 Å². The maximum absolute atomic E-state index is 5.19. The van der Waals surface area contributed by atoms with Gasteiger partial charge in [0.2, 0.25) is 5.88 Å². The number of rotatable bonds is 2. The molecule has 14 heavy (non-hydrogen) atoms. The van der Waals surface area contributed by atoms with Crippen molar-refractivity contribution in [2.24, 2.45) is 0 Å². The van der Waals surface area contributed by atoms with Gasteiger partial charge in [-0.2, -0.15) is 9.97 Å². The van der Waals surface area contributed by atoms with Crippen LogP contribution in [0.15, 0.2) is 0 Å². The molecule has 1 aromatic heterocycles. The van der Waals surface area contributed by atoms with E-state index in [0.29, 0.717) is 11.9 Å². The van der Waals surface area contributed by atoms with E-state index in [0.717, 1.165) is 24.3 Å². The molecule has 0 amide bonds. The highest BCUT2D eigenvalue weighted by Gasteiger charge is 2.23. The molecular weight excluding hydrogens is 182 g/mol. The van der Waals surface area contributed by atoms with Crippen molar-refractivity contribution in [3.8, 4) is 11.9 Å². The standard InChI is InChI=1S/C9H13N3O2/c1-12-4-6-7(5-12)10-9(14-3)11-8(6)13-2/h4-5H2,1-3H3. The van der Waals surface area contributed by atoms with Crippen LogP contribution >= 0.6 is 0 Å². The van der Waals surface area contributed by atoms with Gasteiger partial charge in [-0.3, -0.25) is 4.90 Å². The van der Waals surface area contributed by atoms with Crippen molar-refractivity contribution >= 4 is 0 Å². The SMILES string of the molecule is COc1nc2c(c(OC)n1)CN(C)C2. The van der Waals surface area contributed by atoms with Gasteiger partial charge in [-0.05, 0) is 7.05 Å². The molecule has 0 atom stereocenters. The first-order chi connectivity index (χ1) is 6.74. The zero-order valence-electron chi connectivity index (χ0n) is 8.57. The summed E-state index contributed by atoms with van der Waals surface area (Å²) < 4.78 is 10.2. The van der Waals surface area contributed by atoms with Crippen LogP contribution in [0.3, 0.4) is 0 Å². The summed E-state index contributed by atoms with van der Waals surface area (Å²) in [5.41, 5.74) is 2.06. The van der Waals surface area contributed by atoms with Gasteiger partial charge >= 0.3 is 6.01 Å². The van der Waals surface area contributed by atoms with Crippen LogP contribution in [0, 0.1) is 0 Å². The summed E-state index contributed by atoms with van der Waals surface area (Å²) in [4.78, 5) is 10.6. The predicted octanol–water partition coefficient (Wildman–Crippen LogP) is 0.439. The van der Waals surface area contributed by atoms with E-state index in [4.69, 9.17) is 9.47 Å². The van der Waals surface area contributed by atoms with Crippen LogP contribution < -0.4 is 9.47 Å². The number of fused-ring (bicyclic) bond motifs is 1. The van der Waals surface area contributed by atoms with E-state index < -0.39 is 0 Å². The molecule has 0 aliphatic carbocycles. The molecule has 1 aliphatic rings. The number of aromatic nitrogens is 2. The molecule has 0 N–H and O–H groups in total. The molecule has 1 aromatic rings. The van der Waals surface area contributed by atoms with E-state index in [2.05, 4.69) is 14.9 Å². The fourth-order valence-electron chi connectivity index (χ4n) is 1.62. The van der Waals surface area contributed by atoms with Crippen molar-refractivity contribution in [1.29, 1.82) is 0 Å². The second kappa shape index (κ2) is 3.42. The highest BCUT2D eigenvalue weighted by atomic mass is 16.5. The van der Waals surface area contributed by atoms with Crippen molar-refractivity contribution in [2.45, 2.75) is 13.1 Å². The third-order valence-corrected chi connectivity index (χ3v) is 2.26. The second-order valence-electron chi connectivity index (χ2n) is 3.32. The lowest BCUT2D eigenvalue weighted by Crippen LogP contribution is -2.07. The second-order valence-corrected chi connectivity index (χ2v) is 3.32. The smallest absolute Gasteiger partial charge is 0.319 e. The van der Waals surface area contributed by atoms with Gasteiger partial charge in [0.05, 0.1) is 25.5 Å². The Hall–Kier alpha value is -1.36. The summed E-state index contributed by atoms with van der Waals surface area (Å²) in [7, 11) is 5.20. The highest BCUT2D eigenvalue weighted by Crippen LogP contribution is 2.28. The maximum Gasteiger partial charge on any atom is 0.319 e. The minimum absolute atomic E-state index is 0.371. The number of hydrogen-bond donors (Lipinski definition) is 0. The van der Waals surface area contributed by atoms with Gasteiger partial charge in [-0.15, -0.1) is 0 Å². The van der Waals surface area contributed by atoms with Crippen molar-refractivity contribution in [3.05, 3.63) is 11.3 Å². The van der Waals surface area contributed by atoms with E-state index >= 15 is 0 Å². The average Bonchev–Trinajstić information content (AvgIpc) is 2.56. The highest BCUT2D eigenvalue weighted by molar-refractivity contribution is 5.34. The molecular formula is C9H13N3O2. The van der Waals surface area contributed by atoms with Crippen molar-refractivity contribution in [1.82, 2.24) is 14.9 Å². The summed E-state index contributed by atoms with van der Waals surface area (Å²) in [5, 5.41) is 0. The van der Waals surface area contributed by atoms with Gasteiger partial charge in [-0.1, -0.05) is 0 Å². The Kier molecular flexibility index (Phi) is 2.25. The molecule has 0 radical (unpaired) electrons. The third-order valence-electron chi connectivity index (χ3n) is 2.26. The molecule has 0 fully saturated rings. The zero-order chi connectivity index (χ0) is 10.1. The quantitative estimate of drug-likeness (QED) is 0.685. The number of ether oxygens (including phenoxy) is 2. The Labute approximate surface area is 82.7 Å². The lowest BCUT2D eigenvalue weighted by atomic mass is 10.3. The van der Waals surface area contributed by atoms with Crippen LogP contribution in [-0.4, -0.2) is 36.1 Å². The van der Waals surface area contributed by atoms with Crippen LogP contribution in [0.5, 0.6) is 11.9 Å². The van der Waals surface area contributed by atoms with Crippen molar-refractivity contribution in [3.63, 3.8) is 0 Å². The summed E-state index contributed by atoms with van der Waals surface area (Å²) in [6, 6.07) is 0.371. The van der Waals surface area contributed by atoms with Crippen LogP contribution in [0.1, 0.15) is 11.3 Å². The number of hydrogen-bond acceptors (Lipinski definition) is 5. The van der Waals surface area contributed by atoms with Crippen LogP contribution in [-0.2, 0) is 13.1 Å². The Morgan fingerprint density at radius 1 is 1.14 bits per heavy atom. The molecule has 76 valence electrons. The Morgan fingerprint density at radius 3 is 2.57 bits per heavy atom. The van der Waals surface area contributed by atoms with E-state index in [-0.39, 0.29) is 0 Å². The molecule has 5 nitrogen and oxygen atoms in total. The lowest BCUT2D eigenvalue weighted by Gasteiger charge is -2.06. The van der Waals surface area contributed by atoms with Gasteiger partial charge in [0.25, 0.3) is 0 Å². The average molecular weight is 195 g/mol. The molecule has 0 saturated carbocycles. The Morgan fingerprint density at radius 2 is 1.93 bits per heavy atom. The summed E-state index contributed by atoms with van der Waals surface area (Å²) in [6.45, 7) is 1.66. The maximum atomic E-state index is 5.19. The van der Waals surface area contributed by atoms with Gasteiger partial charge < -0.3 is 9.47 Å². The molecule has 5 heteroatoms. The fraction of sp³-hybridized carbons (Fsp3) is 0.556. The molecule has 2 rings (SSSR count). The minimum atomic E-state index is 0.371. The van der Waals surface area contributed by atoms with E-state index in [1.807, 2.05) is 7.05 Å². The molecule has 0 bridgehead atoms. The topological polar surface area (TPSA) is 47.5 Å². The van der Waals surface area contributed by atoms with E-state index in [1.165, 1.54) is 0 Å². The lowest BCUT2D eigenvalue weighted by molar-refractivity contribution is 0.341. The molecule has 0 saturated heterocycles. The van der Waals surface area contributed by atoms with Gasteiger partial charge in [-0.25, -0.2) is 0 Å². The van der Waals surface area contributed by atoms with Crippen LogP contribution in [0.25, 0.3) is 0 Å². The number of methoxy groups -OCH3 is 2. The Balaban J connectivity index is 2.46. The molecule has 2 heterocycles. The predicted molar refractivity (Wildman–Crippen MR) is 50.3 cm³/mol. The summed E-state index contributed by atoms with van der Waals surface area (Å²) >= 11 is 0. The van der Waals surface area contributed by atoms with E-state index in [1.54, 1.807) is 14.2 Å². The Bertz CT molecular complexity index is 354. The van der Waals surface area contributed by atoms with Gasteiger partial charge in [0.15, 0.2) is 0 Å². The normalized spacial score (nSPS) is 15.4. The van der Waals surface area contributed by atoms with Crippen molar-refractivity contribution in [2.75, 3.05) is 21.3 Å². The molecule has 0 aromatic carbocycles. The monoisotopic (exact) mass is 195 g/mol. The van der Waals surface area contributed by atoms with Crippen molar-refractivity contribution < 1.29 is 9.47 Å². The van der Waals surface area contributed by atoms with Crippen LogP contribution in [0.4, 0.5) is 0 Å². The first kappa shape index (κ1) is 9.21. The van der Waals surface area contributed by atoms with Gasteiger partial charge in [0.1, 0.15) is 0 Å². The first-order valence-electron chi connectivity index (χ1n) is 4.41. The largest absolute Gasteiger partial charge is 0.481 e. The summed E-state index contributed by atoms with van der Waals surface area (Å²) in [5.74, 6) is 0.621. The molecule has 0 spiro atoms. The first-order valence-corrected chi connectivity index (χ1v) is 4.41. The number of nitrogens with zero attached hydrogens (tertiary/aromatic N) is 3. The summed E-state index contributed by atoms with van der Waals surface area (Å²) in [6.07, 6.45) is 0. The zero-order valence-corrected chi connectivity index (χ0v) is 8.57. The van der Waals surface area contributed by atoms with Gasteiger partial charge in [0, 0.05) is 13.1 Å². The fourth-order valence-corrected chi connectivity index (χ4v) is 1.62. The minimum Gasteiger partial charge on any atom is -0.481 e. The van der Waals surface area contributed by atoms with Crippen LogP contribution in [0.2, 0.25) is 0 Å². The molecule has 1 aliphatic heterocycles. The third kappa shape index (κ3) is 1.39. The molecule has 0 unspecified atom stereocenters.